The van der Waals surface area contributed by atoms with Gasteiger partial charge in [-0.15, -0.1) is 10.2 Å². The molecule has 10 nitrogen and oxygen atoms in total. The number of thioether (sulfide) groups is 1. The van der Waals surface area contributed by atoms with Gasteiger partial charge in [-0.1, -0.05) is 43.0 Å². The molecule has 0 radical (unpaired) electrons. The summed E-state index contributed by atoms with van der Waals surface area (Å²) in [5.41, 5.74) is -0.232. The molecule has 1 heterocycles. The Hall–Kier alpha value is -2.25. The fourth-order valence-corrected chi connectivity index (χ4v) is 5.29. The van der Waals surface area contributed by atoms with Gasteiger partial charge in [-0.25, -0.2) is 8.42 Å². The van der Waals surface area contributed by atoms with Crippen molar-refractivity contribution >= 4 is 55.5 Å². The second-order valence-corrected chi connectivity index (χ2v) is 9.90. The first-order valence-corrected chi connectivity index (χ1v) is 11.8. The standard InChI is InChI=1S/C15H19N5O5S3/c1-4-12(13(21)16-14-17-18-15(27-14)26-5-2)19(28(3,24)25)10-7-6-8-11(9-10)20(22)23/h6-9,12H,4-5H2,1-3H3,(H,16,17,21)/t12-/m0/s1. The first-order valence-electron chi connectivity index (χ1n) is 8.18. The molecule has 152 valence electrons. The third-order valence-electron chi connectivity index (χ3n) is 3.53. The number of nitro groups is 1. The molecule has 0 saturated heterocycles. The Bertz CT molecular complexity index is 962. The number of anilines is 2. The number of hydrogen-bond donors (Lipinski definition) is 1. The minimum Gasteiger partial charge on any atom is -0.299 e. The Morgan fingerprint density at radius 1 is 1.39 bits per heavy atom. The molecule has 0 aliphatic carbocycles. The quantitative estimate of drug-likeness (QED) is 0.269. The lowest BCUT2D eigenvalue weighted by molar-refractivity contribution is -0.384. The van der Waals surface area contributed by atoms with Crippen molar-refractivity contribution in [2.24, 2.45) is 0 Å². The molecule has 0 aliphatic rings. The molecular weight excluding hydrogens is 426 g/mol. The van der Waals surface area contributed by atoms with Crippen molar-refractivity contribution in [2.45, 2.75) is 30.6 Å². The Labute approximate surface area is 170 Å². The third kappa shape index (κ3) is 5.39. The number of nitro benzene ring substituents is 1. The summed E-state index contributed by atoms with van der Waals surface area (Å²) in [6.07, 6.45) is 1.10. The minimum atomic E-state index is -3.90. The lowest BCUT2D eigenvalue weighted by Gasteiger charge is -2.29. The molecular formula is C15H19N5O5S3. The van der Waals surface area contributed by atoms with E-state index in [-0.39, 0.29) is 22.9 Å². The van der Waals surface area contributed by atoms with Crippen LogP contribution in [0, 0.1) is 10.1 Å². The maximum atomic E-state index is 12.8. The Balaban J connectivity index is 2.35. The molecule has 0 saturated carbocycles. The number of carbonyl (C=O) groups is 1. The zero-order chi connectivity index (χ0) is 20.9. The number of benzene rings is 1. The van der Waals surface area contributed by atoms with E-state index in [1.807, 2.05) is 6.92 Å². The number of nitrogens with zero attached hydrogens (tertiary/aromatic N) is 4. The van der Waals surface area contributed by atoms with Gasteiger partial charge in [0.15, 0.2) is 4.34 Å². The fourth-order valence-electron chi connectivity index (χ4n) is 2.43. The van der Waals surface area contributed by atoms with Gasteiger partial charge in [0.2, 0.25) is 21.1 Å². The van der Waals surface area contributed by atoms with Gasteiger partial charge in [-0.3, -0.25) is 24.5 Å². The molecule has 13 heteroatoms. The molecule has 2 rings (SSSR count). The van der Waals surface area contributed by atoms with Crippen LogP contribution < -0.4 is 9.62 Å². The van der Waals surface area contributed by atoms with Gasteiger partial charge < -0.3 is 0 Å². The maximum absolute atomic E-state index is 12.8. The zero-order valence-electron chi connectivity index (χ0n) is 15.4. The van der Waals surface area contributed by atoms with Crippen molar-refractivity contribution in [2.75, 3.05) is 21.6 Å². The SMILES string of the molecule is CCSc1nnc(NC(=O)[C@H](CC)N(c2cccc([N+](=O)[O-])c2)S(C)(=O)=O)s1. The van der Waals surface area contributed by atoms with Gasteiger partial charge in [-0.05, 0) is 18.2 Å². The van der Waals surface area contributed by atoms with Gasteiger partial charge in [0, 0.05) is 12.1 Å². The molecule has 1 amide bonds. The van der Waals surface area contributed by atoms with Crippen molar-refractivity contribution in [1.29, 1.82) is 0 Å². The highest BCUT2D eigenvalue weighted by atomic mass is 32.2. The summed E-state index contributed by atoms with van der Waals surface area (Å²) in [6, 6.07) is 4.04. The van der Waals surface area contributed by atoms with E-state index in [1.165, 1.54) is 41.3 Å². The predicted molar refractivity (Wildman–Crippen MR) is 109 cm³/mol. The van der Waals surface area contributed by atoms with Crippen molar-refractivity contribution in [3.8, 4) is 0 Å². The molecule has 1 aromatic heterocycles. The summed E-state index contributed by atoms with van der Waals surface area (Å²) in [6.45, 7) is 3.61. The summed E-state index contributed by atoms with van der Waals surface area (Å²) in [4.78, 5) is 23.2. The van der Waals surface area contributed by atoms with Crippen molar-refractivity contribution in [3.05, 3.63) is 34.4 Å². The number of hydrogen-bond acceptors (Lipinski definition) is 9. The van der Waals surface area contributed by atoms with Crippen LogP contribution >= 0.6 is 23.1 Å². The first kappa shape index (κ1) is 22.0. The topological polar surface area (TPSA) is 135 Å². The minimum absolute atomic E-state index is 0.0400. The van der Waals surface area contributed by atoms with E-state index in [0.717, 1.165) is 22.4 Å². The predicted octanol–water partition coefficient (Wildman–Crippen LogP) is 2.74. The molecule has 0 fully saturated rings. The number of aromatic nitrogens is 2. The summed E-state index contributed by atoms with van der Waals surface area (Å²) >= 11 is 2.66. The lowest BCUT2D eigenvalue weighted by Crippen LogP contribution is -2.47. The summed E-state index contributed by atoms with van der Waals surface area (Å²) in [5, 5.41) is 21.7. The number of carbonyl (C=O) groups excluding carboxylic acids is 1. The maximum Gasteiger partial charge on any atom is 0.271 e. The van der Waals surface area contributed by atoms with Gasteiger partial charge in [-0.2, -0.15) is 0 Å². The zero-order valence-corrected chi connectivity index (χ0v) is 17.8. The van der Waals surface area contributed by atoms with E-state index in [4.69, 9.17) is 0 Å². The average Bonchev–Trinajstić information content (AvgIpc) is 3.05. The molecule has 28 heavy (non-hydrogen) atoms. The first-order chi connectivity index (χ1) is 13.2. The van der Waals surface area contributed by atoms with Crippen molar-refractivity contribution < 1.29 is 18.1 Å². The molecule has 1 aromatic carbocycles. The highest BCUT2D eigenvalue weighted by Crippen LogP contribution is 2.28. The number of rotatable bonds is 9. The lowest BCUT2D eigenvalue weighted by atomic mass is 10.2. The highest BCUT2D eigenvalue weighted by Gasteiger charge is 2.32. The van der Waals surface area contributed by atoms with E-state index >= 15 is 0 Å². The highest BCUT2D eigenvalue weighted by molar-refractivity contribution is 8.01. The van der Waals surface area contributed by atoms with E-state index < -0.39 is 26.9 Å². The Morgan fingerprint density at radius 3 is 2.68 bits per heavy atom. The van der Waals surface area contributed by atoms with Gasteiger partial charge >= 0.3 is 0 Å². The molecule has 0 bridgehead atoms. The number of non-ortho nitro benzene ring substituents is 1. The van der Waals surface area contributed by atoms with Gasteiger partial charge in [0.1, 0.15) is 6.04 Å². The third-order valence-corrected chi connectivity index (χ3v) is 6.56. The monoisotopic (exact) mass is 445 g/mol. The van der Waals surface area contributed by atoms with E-state index in [0.29, 0.717) is 4.34 Å². The number of amides is 1. The Kier molecular flexibility index (Phi) is 7.32. The van der Waals surface area contributed by atoms with Crippen LogP contribution in [0.4, 0.5) is 16.5 Å². The van der Waals surface area contributed by atoms with Crippen LogP contribution in [0.3, 0.4) is 0 Å². The van der Waals surface area contributed by atoms with Gasteiger partial charge in [0.25, 0.3) is 5.69 Å². The molecule has 1 atom stereocenters. The van der Waals surface area contributed by atoms with Crippen LogP contribution in [0.5, 0.6) is 0 Å². The molecule has 0 unspecified atom stereocenters. The van der Waals surface area contributed by atoms with Gasteiger partial charge in [0.05, 0.1) is 16.9 Å². The molecule has 0 spiro atoms. The molecule has 2 aromatic rings. The summed E-state index contributed by atoms with van der Waals surface area (Å²) < 4.78 is 26.4. The number of sulfonamides is 1. The normalized spacial score (nSPS) is 12.4. The van der Waals surface area contributed by atoms with Crippen LogP contribution in [0.2, 0.25) is 0 Å². The molecule has 0 aliphatic heterocycles. The van der Waals surface area contributed by atoms with Crippen molar-refractivity contribution in [1.82, 2.24) is 10.2 Å². The van der Waals surface area contributed by atoms with Crippen LogP contribution in [-0.2, 0) is 14.8 Å². The largest absolute Gasteiger partial charge is 0.299 e. The van der Waals surface area contributed by atoms with Crippen LogP contribution in [-0.4, -0.2) is 47.5 Å². The van der Waals surface area contributed by atoms with Crippen LogP contribution in [0.15, 0.2) is 28.6 Å². The summed E-state index contributed by atoms with van der Waals surface area (Å²) in [7, 11) is -3.90. The summed E-state index contributed by atoms with van der Waals surface area (Å²) in [5.74, 6) is 0.207. The molecule has 1 N–H and O–H groups in total. The smallest absolute Gasteiger partial charge is 0.271 e. The van der Waals surface area contributed by atoms with Crippen molar-refractivity contribution in [3.63, 3.8) is 0 Å². The van der Waals surface area contributed by atoms with Crippen LogP contribution in [0.25, 0.3) is 0 Å². The Morgan fingerprint density at radius 2 is 2.11 bits per heavy atom. The number of nitrogens with one attached hydrogen (secondary N) is 1. The second kappa shape index (κ2) is 9.30. The van der Waals surface area contributed by atoms with E-state index in [2.05, 4.69) is 15.5 Å². The van der Waals surface area contributed by atoms with E-state index in [1.54, 1.807) is 6.92 Å². The second-order valence-electron chi connectivity index (χ2n) is 5.56. The van der Waals surface area contributed by atoms with E-state index in [9.17, 15) is 23.3 Å². The van der Waals surface area contributed by atoms with Crippen LogP contribution in [0.1, 0.15) is 20.3 Å². The fraction of sp³-hybridized carbons (Fsp3) is 0.400. The average molecular weight is 446 g/mol.